The van der Waals surface area contributed by atoms with E-state index >= 15 is 0 Å². The molecule has 2 N–H and O–H groups in total. The molecule has 1 unspecified atom stereocenters. The summed E-state index contributed by atoms with van der Waals surface area (Å²) < 4.78 is 5.76. The summed E-state index contributed by atoms with van der Waals surface area (Å²) in [5.74, 6) is 0.275. The van der Waals surface area contributed by atoms with Crippen molar-refractivity contribution in [2.75, 3.05) is 11.9 Å². The molecule has 0 fully saturated rings. The lowest BCUT2D eigenvalue weighted by Crippen LogP contribution is -2.24. The van der Waals surface area contributed by atoms with E-state index in [1.165, 1.54) is 0 Å². The molecule has 0 aromatic heterocycles. The summed E-state index contributed by atoms with van der Waals surface area (Å²) in [5, 5.41) is 5.65. The average Bonchev–Trinajstić information content (AvgIpc) is 2.66. The van der Waals surface area contributed by atoms with Crippen molar-refractivity contribution < 1.29 is 14.3 Å². The lowest BCUT2D eigenvalue weighted by molar-refractivity contribution is 0.0952. The third-order valence-corrected chi connectivity index (χ3v) is 3.93. The lowest BCUT2D eigenvalue weighted by atomic mass is 10.1. The van der Waals surface area contributed by atoms with Gasteiger partial charge in [0.05, 0.1) is 6.10 Å². The Kier molecular flexibility index (Phi) is 7.21. The van der Waals surface area contributed by atoms with E-state index in [1.54, 1.807) is 42.5 Å². The molecule has 0 saturated carbocycles. The van der Waals surface area contributed by atoms with Crippen molar-refractivity contribution >= 4 is 17.5 Å². The summed E-state index contributed by atoms with van der Waals surface area (Å²) in [6.45, 7) is 6.65. The number of rotatable bonds is 8. The van der Waals surface area contributed by atoms with Crippen LogP contribution in [0, 0.1) is 0 Å². The van der Waals surface area contributed by atoms with Crippen LogP contribution in [0.25, 0.3) is 0 Å². The van der Waals surface area contributed by atoms with Gasteiger partial charge in [-0.25, -0.2) is 0 Å². The van der Waals surface area contributed by atoms with Gasteiger partial charge in [-0.05, 0) is 56.2 Å². The number of nitrogens with one attached hydrogen (secondary N) is 2. The molecule has 0 spiro atoms. The number of carbonyl (C=O) groups excluding carboxylic acids is 2. The number of ether oxygens (including phenoxy) is 1. The van der Waals surface area contributed by atoms with Gasteiger partial charge in [0.15, 0.2) is 0 Å². The highest BCUT2D eigenvalue weighted by Crippen LogP contribution is 2.18. The Morgan fingerprint density at radius 2 is 1.69 bits per heavy atom. The molecule has 26 heavy (non-hydrogen) atoms. The van der Waals surface area contributed by atoms with Crippen LogP contribution in [0.15, 0.2) is 48.5 Å². The molecule has 1 atom stereocenters. The van der Waals surface area contributed by atoms with Gasteiger partial charge in [0.25, 0.3) is 11.8 Å². The molecule has 0 heterocycles. The van der Waals surface area contributed by atoms with E-state index in [0.29, 0.717) is 29.1 Å². The van der Waals surface area contributed by atoms with Crippen molar-refractivity contribution in [3.63, 3.8) is 0 Å². The molecule has 138 valence electrons. The van der Waals surface area contributed by atoms with Gasteiger partial charge in [0.2, 0.25) is 0 Å². The highest BCUT2D eigenvalue weighted by atomic mass is 16.5. The van der Waals surface area contributed by atoms with Gasteiger partial charge in [-0.1, -0.05) is 26.0 Å². The molecule has 0 aliphatic carbocycles. The Morgan fingerprint density at radius 1 is 1.00 bits per heavy atom. The quantitative estimate of drug-likeness (QED) is 0.744. The second kappa shape index (κ2) is 9.61. The third kappa shape index (κ3) is 5.62. The minimum Gasteiger partial charge on any atom is -0.491 e. The molecule has 5 heteroatoms. The largest absolute Gasteiger partial charge is 0.491 e. The summed E-state index contributed by atoms with van der Waals surface area (Å²) in [5.41, 5.74) is 1.60. The molecule has 2 aromatic rings. The van der Waals surface area contributed by atoms with Gasteiger partial charge in [-0.2, -0.15) is 0 Å². The number of benzene rings is 2. The van der Waals surface area contributed by atoms with E-state index in [-0.39, 0.29) is 17.9 Å². The number of hydrogen-bond acceptors (Lipinski definition) is 3. The van der Waals surface area contributed by atoms with E-state index < -0.39 is 0 Å². The first kappa shape index (κ1) is 19.5. The number of amides is 2. The highest BCUT2D eigenvalue weighted by Gasteiger charge is 2.10. The van der Waals surface area contributed by atoms with Crippen LogP contribution in [0.3, 0.4) is 0 Å². The number of anilines is 1. The van der Waals surface area contributed by atoms with Crippen molar-refractivity contribution in [2.45, 2.75) is 39.7 Å². The molecule has 0 saturated heterocycles. The van der Waals surface area contributed by atoms with Gasteiger partial charge >= 0.3 is 0 Å². The molecule has 2 rings (SSSR count). The zero-order chi connectivity index (χ0) is 18.9. The zero-order valence-corrected chi connectivity index (χ0v) is 15.5. The van der Waals surface area contributed by atoms with Crippen molar-refractivity contribution in [2.24, 2.45) is 0 Å². The van der Waals surface area contributed by atoms with E-state index in [4.69, 9.17) is 4.74 Å². The normalized spacial score (nSPS) is 11.5. The Hall–Kier alpha value is -2.82. The zero-order valence-electron chi connectivity index (χ0n) is 15.5. The first-order chi connectivity index (χ1) is 12.5. The predicted octanol–water partition coefficient (Wildman–Crippen LogP) is 4.26. The van der Waals surface area contributed by atoms with Gasteiger partial charge in [-0.3, -0.25) is 9.59 Å². The van der Waals surface area contributed by atoms with Crippen LogP contribution < -0.4 is 15.4 Å². The average molecular weight is 354 g/mol. The fourth-order valence-corrected chi connectivity index (χ4v) is 2.31. The summed E-state index contributed by atoms with van der Waals surface area (Å²) in [6, 6.07) is 14.0. The summed E-state index contributed by atoms with van der Waals surface area (Å²) in [4.78, 5) is 24.6. The number of carbonyl (C=O) groups is 2. The number of hydrogen-bond donors (Lipinski definition) is 2. The van der Waals surface area contributed by atoms with Crippen LogP contribution in [0.5, 0.6) is 5.75 Å². The van der Waals surface area contributed by atoms with Crippen molar-refractivity contribution in [1.82, 2.24) is 5.32 Å². The van der Waals surface area contributed by atoms with E-state index in [1.807, 2.05) is 26.8 Å². The molecular formula is C21H26N2O3. The maximum Gasteiger partial charge on any atom is 0.255 e. The minimum absolute atomic E-state index is 0.0895. The highest BCUT2D eigenvalue weighted by molar-refractivity contribution is 6.05. The molecule has 2 amide bonds. The standard InChI is InChI=1S/C21H26N2O3/c1-4-12-22-20(24)16-8-6-10-18(13-16)23-21(25)17-9-7-11-19(14-17)26-15(3)5-2/h6-11,13-15H,4-5,12H2,1-3H3,(H,22,24)(H,23,25). The minimum atomic E-state index is -0.245. The van der Waals surface area contributed by atoms with Gasteiger partial charge in [-0.15, -0.1) is 0 Å². The SMILES string of the molecule is CCCNC(=O)c1cccc(NC(=O)c2cccc(OC(C)CC)c2)c1. The van der Waals surface area contributed by atoms with Crippen LogP contribution >= 0.6 is 0 Å². The third-order valence-electron chi connectivity index (χ3n) is 3.93. The monoisotopic (exact) mass is 354 g/mol. The molecule has 5 nitrogen and oxygen atoms in total. The fourth-order valence-electron chi connectivity index (χ4n) is 2.31. The van der Waals surface area contributed by atoms with Crippen LogP contribution in [-0.4, -0.2) is 24.5 Å². The first-order valence-electron chi connectivity index (χ1n) is 8.99. The Bertz CT molecular complexity index is 758. The molecule has 0 aliphatic rings. The smallest absolute Gasteiger partial charge is 0.255 e. The van der Waals surface area contributed by atoms with Crippen LogP contribution in [0.4, 0.5) is 5.69 Å². The van der Waals surface area contributed by atoms with Crippen molar-refractivity contribution in [1.29, 1.82) is 0 Å². The van der Waals surface area contributed by atoms with Gasteiger partial charge in [0.1, 0.15) is 5.75 Å². The van der Waals surface area contributed by atoms with Crippen LogP contribution in [0.1, 0.15) is 54.3 Å². The second-order valence-electron chi connectivity index (χ2n) is 6.16. The molecule has 0 radical (unpaired) electrons. The first-order valence-corrected chi connectivity index (χ1v) is 8.99. The van der Waals surface area contributed by atoms with Crippen LogP contribution in [-0.2, 0) is 0 Å². The molecule has 0 aliphatic heterocycles. The topological polar surface area (TPSA) is 67.4 Å². The van der Waals surface area contributed by atoms with Gasteiger partial charge in [0, 0.05) is 23.4 Å². The molecule has 2 aromatic carbocycles. The van der Waals surface area contributed by atoms with E-state index in [2.05, 4.69) is 10.6 Å². The van der Waals surface area contributed by atoms with E-state index in [0.717, 1.165) is 12.8 Å². The fraction of sp³-hybridized carbons (Fsp3) is 0.333. The second-order valence-corrected chi connectivity index (χ2v) is 6.16. The Labute approximate surface area is 154 Å². The van der Waals surface area contributed by atoms with Crippen molar-refractivity contribution in [3.05, 3.63) is 59.7 Å². The summed E-state index contributed by atoms with van der Waals surface area (Å²) in [6.07, 6.45) is 1.85. The maximum atomic E-state index is 12.5. The predicted molar refractivity (Wildman–Crippen MR) is 104 cm³/mol. The van der Waals surface area contributed by atoms with Crippen LogP contribution in [0.2, 0.25) is 0 Å². The Balaban J connectivity index is 2.08. The summed E-state index contributed by atoms with van der Waals surface area (Å²) in [7, 11) is 0. The summed E-state index contributed by atoms with van der Waals surface area (Å²) >= 11 is 0. The van der Waals surface area contributed by atoms with E-state index in [9.17, 15) is 9.59 Å². The lowest BCUT2D eigenvalue weighted by Gasteiger charge is -2.13. The molecular weight excluding hydrogens is 328 g/mol. The maximum absolute atomic E-state index is 12.5. The Morgan fingerprint density at radius 3 is 2.38 bits per heavy atom. The van der Waals surface area contributed by atoms with Crippen molar-refractivity contribution in [3.8, 4) is 5.75 Å². The molecule has 0 bridgehead atoms. The van der Waals surface area contributed by atoms with Gasteiger partial charge < -0.3 is 15.4 Å².